The van der Waals surface area contributed by atoms with Gasteiger partial charge in [0.1, 0.15) is 0 Å². The fourth-order valence-electron chi connectivity index (χ4n) is 2.13. The highest BCUT2D eigenvalue weighted by Gasteiger charge is 2.22. The summed E-state index contributed by atoms with van der Waals surface area (Å²) in [7, 11) is 4.13. The number of nitrogens with zero attached hydrogens (tertiary/aromatic N) is 4. The average Bonchev–Trinajstić information content (AvgIpc) is 2.76. The van der Waals surface area contributed by atoms with Crippen LogP contribution in [0.3, 0.4) is 0 Å². The molecule has 2 rings (SSSR count). The van der Waals surface area contributed by atoms with Crippen LogP contribution in [0.15, 0.2) is 4.42 Å². The second kappa shape index (κ2) is 6.26. The molecule has 0 amide bonds. The second-order valence-electron chi connectivity index (χ2n) is 4.93. The molecule has 0 radical (unpaired) electrons. The lowest BCUT2D eigenvalue weighted by Crippen LogP contribution is -2.46. The van der Waals surface area contributed by atoms with Crippen molar-refractivity contribution in [3.8, 4) is 0 Å². The van der Waals surface area contributed by atoms with E-state index < -0.39 is 0 Å². The van der Waals surface area contributed by atoms with Gasteiger partial charge >= 0.3 is 0 Å². The van der Waals surface area contributed by atoms with Gasteiger partial charge in [-0.05, 0) is 14.1 Å². The summed E-state index contributed by atoms with van der Waals surface area (Å²) in [5, 5.41) is 8.04. The first kappa shape index (κ1) is 13.5. The molecule has 0 aromatic carbocycles. The summed E-state index contributed by atoms with van der Waals surface area (Å²) in [4.78, 5) is 4.46. The van der Waals surface area contributed by atoms with Gasteiger partial charge in [-0.3, -0.25) is 4.90 Å². The number of ether oxygens (including phenoxy) is 1. The summed E-state index contributed by atoms with van der Waals surface area (Å²) in [5.41, 5.74) is 0. The van der Waals surface area contributed by atoms with Gasteiger partial charge in [0.05, 0.1) is 19.3 Å². The number of likely N-dealkylation sites (N-methyl/N-ethyl adjacent to an activating group) is 1. The minimum atomic E-state index is 0.266. The van der Waals surface area contributed by atoms with Gasteiger partial charge in [0.25, 0.3) is 0 Å². The molecule has 6 nitrogen and oxygen atoms in total. The highest BCUT2D eigenvalue weighted by atomic mass is 16.5. The molecule has 1 atom stereocenters. The van der Waals surface area contributed by atoms with Crippen molar-refractivity contribution < 1.29 is 9.15 Å². The zero-order valence-corrected chi connectivity index (χ0v) is 11.4. The van der Waals surface area contributed by atoms with E-state index >= 15 is 0 Å². The van der Waals surface area contributed by atoms with E-state index in [4.69, 9.17) is 9.15 Å². The summed E-state index contributed by atoms with van der Waals surface area (Å²) in [6.45, 7) is 6.29. The average molecular weight is 254 g/mol. The van der Waals surface area contributed by atoms with Crippen LogP contribution in [0, 0.1) is 0 Å². The van der Waals surface area contributed by atoms with Crippen molar-refractivity contribution in [1.82, 2.24) is 20.0 Å². The summed E-state index contributed by atoms with van der Waals surface area (Å²) in [5.74, 6) is 1.42. The zero-order chi connectivity index (χ0) is 13.0. The van der Waals surface area contributed by atoms with Crippen LogP contribution in [0.1, 0.15) is 18.7 Å². The third-order valence-electron chi connectivity index (χ3n) is 2.96. The van der Waals surface area contributed by atoms with Crippen LogP contribution in [-0.2, 0) is 17.7 Å². The lowest BCUT2D eigenvalue weighted by Gasteiger charge is -2.33. The summed E-state index contributed by atoms with van der Waals surface area (Å²) >= 11 is 0. The Hall–Kier alpha value is -0.980. The van der Waals surface area contributed by atoms with Gasteiger partial charge in [0.2, 0.25) is 11.8 Å². The Kier molecular flexibility index (Phi) is 4.68. The van der Waals surface area contributed by atoms with Crippen molar-refractivity contribution in [2.45, 2.75) is 26.0 Å². The van der Waals surface area contributed by atoms with E-state index in [9.17, 15) is 0 Å². The van der Waals surface area contributed by atoms with Crippen molar-refractivity contribution in [3.05, 3.63) is 11.8 Å². The van der Waals surface area contributed by atoms with Gasteiger partial charge in [0.15, 0.2) is 0 Å². The summed E-state index contributed by atoms with van der Waals surface area (Å²) in [6.07, 6.45) is 1.06. The van der Waals surface area contributed by atoms with E-state index in [1.165, 1.54) is 0 Å². The first-order chi connectivity index (χ1) is 8.67. The molecule has 0 N–H and O–H groups in total. The van der Waals surface area contributed by atoms with Crippen LogP contribution < -0.4 is 0 Å². The first-order valence-electron chi connectivity index (χ1n) is 6.47. The number of hydrogen-bond acceptors (Lipinski definition) is 6. The molecule has 0 aliphatic carbocycles. The molecule has 0 unspecified atom stereocenters. The molecule has 18 heavy (non-hydrogen) atoms. The Bertz CT molecular complexity index is 367. The molecule has 2 heterocycles. The molecular formula is C12H22N4O2. The van der Waals surface area contributed by atoms with E-state index in [0.29, 0.717) is 11.8 Å². The van der Waals surface area contributed by atoms with Crippen LogP contribution in [0.2, 0.25) is 0 Å². The largest absolute Gasteiger partial charge is 0.424 e. The van der Waals surface area contributed by atoms with E-state index in [2.05, 4.69) is 34.1 Å². The SMILES string of the molecule is CCc1nnc(CN2CCO[C@@H](CN(C)C)C2)o1. The standard InChI is InChI=1S/C12H22N4O2/c1-4-11-13-14-12(18-11)9-16-5-6-17-10(8-16)7-15(2)3/h10H,4-9H2,1-3H3/t10-/m0/s1. The second-order valence-corrected chi connectivity index (χ2v) is 4.93. The van der Waals surface area contributed by atoms with Crippen molar-refractivity contribution >= 4 is 0 Å². The number of morpholine rings is 1. The van der Waals surface area contributed by atoms with Gasteiger partial charge in [-0.25, -0.2) is 0 Å². The van der Waals surface area contributed by atoms with Crippen LogP contribution in [0.25, 0.3) is 0 Å². The van der Waals surface area contributed by atoms with Crippen molar-refractivity contribution in [1.29, 1.82) is 0 Å². The predicted molar refractivity (Wildman–Crippen MR) is 67.2 cm³/mol. The van der Waals surface area contributed by atoms with Crippen molar-refractivity contribution in [2.75, 3.05) is 40.3 Å². The maximum atomic E-state index is 5.73. The quantitative estimate of drug-likeness (QED) is 0.758. The summed E-state index contributed by atoms with van der Waals surface area (Å²) in [6, 6.07) is 0. The van der Waals surface area contributed by atoms with Crippen LogP contribution in [0.5, 0.6) is 0 Å². The van der Waals surface area contributed by atoms with Crippen LogP contribution >= 0.6 is 0 Å². The highest BCUT2D eigenvalue weighted by Crippen LogP contribution is 2.10. The monoisotopic (exact) mass is 254 g/mol. The maximum Gasteiger partial charge on any atom is 0.230 e. The van der Waals surface area contributed by atoms with Crippen LogP contribution in [-0.4, -0.2) is 66.4 Å². The fraction of sp³-hybridized carbons (Fsp3) is 0.833. The number of aryl methyl sites for hydroxylation is 1. The van der Waals surface area contributed by atoms with E-state index in [-0.39, 0.29) is 6.10 Å². The number of rotatable bonds is 5. The van der Waals surface area contributed by atoms with Gasteiger partial charge in [-0.2, -0.15) is 0 Å². The molecule has 1 fully saturated rings. The van der Waals surface area contributed by atoms with E-state index in [0.717, 1.165) is 39.2 Å². The van der Waals surface area contributed by atoms with Crippen LogP contribution in [0.4, 0.5) is 0 Å². The minimum Gasteiger partial charge on any atom is -0.424 e. The number of aromatic nitrogens is 2. The minimum absolute atomic E-state index is 0.266. The Morgan fingerprint density at radius 2 is 2.11 bits per heavy atom. The van der Waals surface area contributed by atoms with E-state index in [1.807, 2.05) is 6.92 Å². The first-order valence-corrected chi connectivity index (χ1v) is 6.47. The summed E-state index contributed by atoms with van der Waals surface area (Å²) < 4.78 is 11.3. The van der Waals surface area contributed by atoms with Gasteiger partial charge < -0.3 is 14.1 Å². The molecule has 1 saturated heterocycles. The fourth-order valence-corrected chi connectivity index (χ4v) is 2.13. The lowest BCUT2D eigenvalue weighted by atomic mass is 10.2. The predicted octanol–water partition coefficient (Wildman–Crippen LogP) is 0.394. The topological polar surface area (TPSA) is 54.6 Å². The highest BCUT2D eigenvalue weighted by molar-refractivity contribution is 4.83. The Morgan fingerprint density at radius 1 is 1.33 bits per heavy atom. The molecule has 0 bridgehead atoms. The molecule has 0 saturated carbocycles. The van der Waals surface area contributed by atoms with E-state index in [1.54, 1.807) is 0 Å². The van der Waals surface area contributed by atoms with Gasteiger partial charge in [-0.1, -0.05) is 6.92 Å². The smallest absolute Gasteiger partial charge is 0.230 e. The molecule has 1 aromatic rings. The Labute approximate surface area is 108 Å². The van der Waals surface area contributed by atoms with Gasteiger partial charge in [0, 0.05) is 26.1 Å². The third-order valence-corrected chi connectivity index (χ3v) is 2.96. The zero-order valence-electron chi connectivity index (χ0n) is 11.4. The molecular weight excluding hydrogens is 232 g/mol. The molecule has 1 aliphatic heterocycles. The van der Waals surface area contributed by atoms with Crippen molar-refractivity contribution in [2.24, 2.45) is 0 Å². The Balaban J connectivity index is 1.85. The van der Waals surface area contributed by atoms with Gasteiger partial charge in [-0.15, -0.1) is 10.2 Å². The molecule has 1 aromatic heterocycles. The Morgan fingerprint density at radius 3 is 2.78 bits per heavy atom. The lowest BCUT2D eigenvalue weighted by molar-refractivity contribution is -0.0427. The number of hydrogen-bond donors (Lipinski definition) is 0. The maximum absolute atomic E-state index is 5.73. The molecule has 0 spiro atoms. The normalized spacial score (nSPS) is 21.7. The molecule has 6 heteroatoms. The molecule has 1 aliphatic rings. The third kappa shape index (κ3) is 3.76. The molecule has 102 valence electrons. The van der Waals surface area contributed by atoms with Crippen molar-refractivity contribution in [3.63, 3.8) is 0 Å².